The van der Waals surface area contributed by atoms with Gasteiger partial charge < -0.3 is 20.3 Å². The summed E-state index contributed by atoms with van der Waals surface area (Å²) in [6.07, 6.45) is -2.32. The van der Waals surface area contributed by atoms with Gasteiger partial charge in [-0.25, -0.2) is 9.78 Å². The molecule has 1 aromatic heterocycles. The molecule has 17 heavy (non-hydrogen) atoms. The second kappa shape index (κ2) is 5.01. The van der Waals surface area contributed by atoms with Gasteiger partial charge in [0.15, 0.2) is 6.23 Å². The van der Waals surface area contributed by atoms with Gasteiger partial charge in [0.1, 0.15) is 24.1 Å². The Kier molecular flexibility index (Phi) is 3.63. The number of halogens is 1. The van der Waals surface area contributed by atoms with Crippen LogP contribution in [0.3, 0.4) is 0 Å². The molecule has 2 heterocycles. The Labute approximate surface area is 101 Å². The van der Waals surface area contributed by atoms with E-state index < -0.39 is 30.2 Å². The minimum absolute atomic E-state index is 0.0727. The van der Waals surface area contributed by atoms with Gasteiger partial charge in [-0.3, -0.25) is 4.98 Å². The Morgan fingerprint density at radius 1 is 1.53 bits per heavy atom. The molecule has 0 saturated carbocycles. The lowest BCUT2D eigenvalue weighted by molar-refractivity contribution is 0.0330. The first-order valence-corrected chi connectivity index (χ1v) is 5.54. The van der Waals surface area contributed by atoms with Crippen molar-refractivity contribution in [2.45, 2.75) is 24.5 Å². The van der Waals surface area contributed by atoms with Crippen LogP contribution in [0.25, 0.3) is 0 Å². The summed E-state index contributed by atoms with van der Waals surface area (Å²) in [4.78, 5) is 16.8. The SMILES string of the molecule is O=c1nccc(NC2O[C@H](CCl)[C@@H](O)[C@@H]2O)[nH]1. The summed E-state index contributed by atoms with van der Waals surface area (Å²) in [6.45, 7) is 0. The van der Waals surface area contributed by atoms with Gasteiger partial charge in [-0.2, -0.15) is 0 Å². The van der Waals surface area contributed by atoms with Crippen LogP contribution >= 0.6 is 11.6 Å². The summed E-state index contributed by atoms with van der Waals surface area (Å²) in [5, 5.41) is 22.0. The molecule has 1 fully saturated rings. The number of rotatable bonds is 3. The molecular weight excluding hydrogens is 250 g/mol. The maximum atomic E-state index is 10.9. The number of alkyl halides is 1. The molecule has 1 unspecified atom stereocenters. The van der Waals surface area contributed by atoms with Crippen molar-refractivity contribution in [2.24, 2.45) is 0 Å². The number of H-pyrrole nitrogens is 1. The summed E-state index contributed by atoms with van der Waals surface area (Å²) < 4.78 is 5.29. The molecule has 1 aliphatic heterocycles. The molecule has 1 saturated heterocycles. The Hall–Kier alpha value is -1.15. The van der Waals surface area contributed by atoms with Crippen molar-refractivity contribution in [3.05, 3.63) is 22.7 Å². The molecule has 8 heteroatoms. The van der Waals surface area contributed by atoms with E-state index in [-0.39, 0.29) is 5.88 Å². The molecule has 0 bridgehead atoms. The van der Waals surface area contributed by atoms with Gasteiger partial charge in [0.2, 0.25) is 0 Å². The predicted molar refractivity (Wildman–Crippen MR) is 59.9 cm³/mol. The van der Waals surface area contributed by atoms with Crippen molar-refractivity contribution in [2.75, 3.05) is 11.2 Å². The molecule has 1 aliphatic rings. The molecule has 0 aromatic carbocycles. The van der Waals surface area contributed by atoms with Gasteiger partial charge in [-0.1, -0.05) is 0 Å². The van der Waals surface area contributed by atoms with Crippen LogP contribution in [0, 0.1) is 0 Å². The number of aliphatic hydroxyl groups excluding tert-OH is 2. The first kappa shape index (κ1) is 12.3. The topological polar surface area (TPSA) is 107 Å². The normalized spacial score (nSPS) is 32.6. The predicted octanol–water partition coefficient (Wildman–Crippen LogP) is -1.13. The number of nitrogens with one attached hydrogen (secondary N) is 2. The van der Waals surface area contributed by atoms with Crippen molar-refractivity contribution in [1.29, 1.82) is 0 Å². The second-order valence-electron chi connectivity index (χ2n) is 3.66. The van der Waals surface area contributed by atoms with Crippen LogP contribution in [0.4, 0.5) is 5.82 Å². The highest BCUT2D eigenvalue weighted by Crippen LogP contribution is 2.22. The minimum Gasteiger partial charge on any atom is -0.387 e. The van der Waals surface area contributed by atoms with Gasteiger partial charge in [0.05, 0.1) is 5.88 Å². The average molecular weight is 262 g/mol. The van der Waals surface area contributed by atoms with E-state index in [1.165, 1.54) is 12.3 Å². The fourth-order valence-corrected chi connectivity index (χ4v) is 1.86. The molecular formula is C9H12ClN3O4. The number of ether oxygens (including phenoxy) is 1. The van der Waals surface area contributed by atoms with E-state index >= 15 is 0 Å². The molecule has 4 N–H and O–H groups in total. The second-order valence-corrected chi connectivity index (χ2v) is 3.97. The van der Waals surface area contributed by atoms with E-state index in [4.69, 9.17) is 16.3 Å². The first-order valence-electron chi connectivity index (χ1n) is 5.01. The highest BCUT2D eigenvalue weighted by atomic mass is 35.5. The van der Waals surface area contributed by atoms with E-state index in [2.05, 4.69) is 15.3 Å². The fourth-order valence-electron chi connectivity index (χ4n) is 1.60. The van der Waals surface area contributed by atoms with Crippen LogP contribution in [0.1, 0.15) is 0 Å². The van der Waals surface area contributed by atoms with Gasteiger partial charge >= 0.3 is 5.69 Å². The van der Waals surface area contributed by atoms with Gasteiger partial charge in [-0.05, 0) is 6.07 Å². The fraction of sp³-hybridized carbons (Fsp3) is 0.556. The summed E-state index contributed by atoms with van der Waals surface area (Å²) in [6, 6.07) is 1.51. The highest BCUT2D eigenvalue weighted by Gasteiger charge is 2.42. The molecule has 0 aliphatic carbocycles. The molecule has 0 radical (unpaired) electrons. The largest absolute Gasteiger partial charge is 0.387 e. The zero-order valence-electron chi connectivity index (χ0n) is 8.71. The van der Waals surface area contributed by atoms with Crippen LogP contribution in [0.2, 0.25) is 0 Å². The lowest BCUT2D eigenvalue weighted by Crippen LogP contribution is -2.36. The third kappa shape index (κ3) is 2.58. The monoisotopic (exact) mass is 261 g/mol. The van der Waals surface area contributed by atoms with Gasteiger partial charge in [0, 0.05) is 6.20 Å². The number of hydrogen-bond donors (Lipinski definition) is 4. The molecule has 0 amide bonds. The Morgan fingerprint density at radius 2 is 2.29 bits per heavy atom. The standard InChI is InChI=1S/C9H12ClN3O4/c10-3-4-6(14)7(15)8(17-4)12-5-1-2-11-9(16)13-5/h1-2,4,6-8,14-15H,3H2,(H2,11,12,13,16)/t4-,6-,7+,8?/m1/s1. The number of anilines is 1. The number of aromatic amines is 1. The number of hydrogen-bond acceptors (Lipinski definition) is 6. The van der Waals surface area contributed by atoms with Crippen molar-refractivity contribution in [1.82, 2.24) is 9.97 Å². The third-order valence-corrected chi connectivity index (χ3v) is 2.79. The van der Waals surface area contributed by atoms with E-state index in [0.29, 0.717) is 5.82 Å². The Bertz CT molecular complexity index is 440. The van der Waals surface area contributed by atoms with Crippen molar-refractivity contribution < 1.29 is 14.9 Å². The summed E-state index contributed by atoms with van der Waals surface area (Å²) in [5.41, 5.74) is -0.517. The lowest BCUT2D eigenvalue weighted by atomic mass is 10.1. The van der Waals surface area contributed by atoms with E-state index in [9.17, 15) is 15.0 Å². The zero-order valence-corrected chi connectivity index (χ0v) is 9.46. The van der Waals surface area contributed by atoms with Crippen LogP contribution in [-0.2, 0) is 4.74 Å². The van der Waals surface area contributed by atoms with E-state index in [1.54, 1.807) is 0 Å². The van der Waals surface area contributed by atoms with Crippen LogP contribution in [-0.4, -0.2) is 50.6 Å². The van der Waals surface area contributed by atoms with Crippen molar-refractivity contribution >= 4 is 17.4 Å². The maximum absolute atomic E-state index is 10.9. The molecule has 0 spiro atoms. The molecule has 1 aromatic rings. The Morgan fingerprint density at radius 3 is 2.88 bits per heavy atom. The van der Waals surface area contributed by atoms with Crippen molar-refractivity contribution in [3.63, 3.8) is 0 Å². The number of nitrogens with zero attached hydrogens (tertiary/aromatic N) is 1. The van der Waals surface area contributed by atoms with Gasteiger partial charge in [-0.15, -0.1) is 11.6 Å². The molecule has 7 nitrogen and oxygen atoms in total. The quantitative estimate of drug-likeness (QED) is 0.513. The smallest absolute Gasteiger partial charge is 0.346 e. The summed E-state index contributed by atoms with van der Waals surface area (Å²) in [5.74, 6) is 0.417. The highest BCUT2D eigenvalue weighted by molar-refractivity contribution is 6.18. The molecule has 2 rings (SSSR count). The minimum atomic E-state index is -1.12. The Balaban J connectivity index is 2.07. The van der Waals surface area contributed by atoms with Crippen LogP contribution in [0.5, 0.6) is 0 Å². The van der Waals surface area contributed by atoms with Gasteiger partial charge in [0.25, 0.3) is 0 Å². The van der Waals surface area contributed by atoms with E-state index in [1.807, 2.05) is 0 Å². The average Bonchev–Trinajstić information content (AvgIpc) is 2.57. The van der Waals surface area contributed by atoms with Crippen molar-refractivity contribution in [3.8, 4) is 0 Å². The summed E-state index contributed by atoms with van der Waals surface area (Å²) in [7, 11) is 0. The van der Waals surface area contributed by atoms with E-state index in [0.717, 1.165) is 0 Å². The zero-order chi connectivity index (χ0) is 12.4. The maximum Gasteiger partial charge on any atom is 0.346 e. The first-order chi connectivity index (χ1) is 8.11. The lowest BCUT2D eigenvalue weighted by Gasteiger charge is -2.16. The van der Waals surface area contributed by atoms with Crippen LogP contribution in [0.15, 0.2) is 17.1 Å². The third-order valence-electron chi connectivity index (χ3n) is 2.49. The summed E-state index contributed by atoms with van der Waals surface area (Å²) >= 11 is 5.57. The molecule has 94 valence electrons. The van der Waals surface area contributed by atoms with Crippen LogP contribution < -0.4 is 11.0 Å². The molecule has 4 atom stereocenters. The number of aliphatic hydroxyl groups is 2. The number of aromatic nitrogens is 2.